The zero-order chi connectivity index (χ0) is 8.27. The van der Waals surface area contributed by atoms with E-state index in [0.717, 1.165) is 0 Å². The zero-order valence-corrected chi connectivity index (χ0v) is 6.22. The van der Waals surface area contributed by atoms with Crippen LogP contribution in [0.25, 0.3) is 0 Å². The van der Waals surface area contributed by atoms with Crippen molar-refractivity contribution in [1.82, 2.24) is 10.6 Å². The van der Waals surface area contributed by atoms with Gasteiger partial charge in [-0.05, 0) is 0 Å². The average Bonchev–Trinajstić information content (AvgIpc) is 2.39. The first-order valence-corrected chi connectivity index (χ1v) is 3.34. The molecule has 0 aliphatic carbocycles. The van der Waals surface area contributed by atoms with Gasteiger partial charge in [0, 0.05) is 13.5 Å². The highest BCUT2D eigenvalue weighted by Gasteiger charge is 2.18. The maximum atomic E-state index is 10.7. The van der Waals surface area contributed by atoms with Gasteiger partial charge in [0.25, 0.3) is 5.91 Å². The third-order valence-corrected chi connectivity index (χ3v) is 1.33. The van der Waals surface area contributed by atoms with Gasteiger partial charge in [0.05, 0.1) is 6.73 Å². The molecule has 1 saturated heterocycles. The Hall–Kier alpha value is -0.940. The summed E-state index contributed by atoms with van der Waals surface area (Å²) in [7, 11) is 0. The van der Waals surface area contributed by atoms with Gasteiger partial charge in [-0.1, -0.05) is 0 Å². The lowest BCUT2D eigenvalue weighted by Crippen LogP contribution is -2.40. The minimum Gasteiger partial charge on any atom is -0.342 e. The van der Waals surface area contributed by atoms with E-state index in [9.17, 15) is 9.59 Å². The van der Waals surface area contributed by atoms with Gasteiger partial charge in [0.1, 0.15) is 6.23 Å². The van der Waals surface area contributed by atoms with Gasteiger partial charge in [-0.3, -0.25) is 14.9 Å². The van der Waals surface area contributed by atoms with Crippen LogP contribution in [0, 0.1) is 0 Å². The van der Waals surface area contributed by atoms with Gasteiger partial charge in [0.15, 0.2) is 0 Å². The predicted molar refractivity (Wildman–Crippen MR) is 36.6 cm³/mol. The van der Waals surface area contributed by atoms with Crippen LogP contribution in [0.1, 0.15) is 6.92 Å². The molecule has 1 aliphatic rings. The molecule has 0 saturated carbocycles. The first-order chi connectivity index (χ1) is 5.20. The monoisotopic (exact) mass is 158 g/mol. The maximum absolute atomic E-state index is 10.7. The summed E-state index contributed by atoms with van der Waals surface area (Å²) in [5.74, 6) is -1.10. The van der Waals surface area contributed by atoms with Gasteiger partial charge in [0.2, 0.25) is 5.78 Å². The van der Waals surface area contributed by atoms with Gasteiger partial charge in [-0.15, -0.1) is 0 Å². The highest BCUT2D eigenvalue weighted by molar-refractivity contribution is 6.35. The van der Waals surface area contributed by atoms with Crippen molar-refractivity contribution in [3.63, 3.8) is 0 Å². The van der Waals surface area contributed by atoms with E-state index in [1.54, 1.807) is 0 Å². The Morgan fingerprint density at radius 3 is 2.82 bits per heavy atom. The number of carbonyl (C=O) groups is 2. The van der Waals surface area contributed by atoms with E-state index in [1.807, 2.05) is 0 Å². The zero-order valence-electron chi connectivity index (χ0n) is 6.22. The fraction of sp³-hybridized carbons (Fsp3) is 0.667. The number of hydrogen-bond donors (Lipinski definition) is 2. The highest BCUT2D eigenvalue weighted by atomic mass is 16.5. The summed E-state index contributed by atoms with van der Waals surface area (Å²) in [5, 5.41) is 5.27. The van der Waals surface area contributed by atoms with Crippen molar-refractivity contribution in [3.05, 3.63) is 0 Å². The van der Waals surface area contributed by atoms with Crippen molar-refractivity contribution in [2.45, 2.75) is 13.2 Å². The van der Waals surface area contributed by atoms with Crippen LogP contribution >= 0.6 is 0 Å². The van der Waals surface area contributed by atoms with Crippen molar-refractivity contribution in [1.29, 1.82) is 0 Å². The second kappa shape index (κ2) is 3.45. The lowest BCUT2D eigenvalue weighted by atomic mass is 10.4. The standard InChI is InChI=1S/C6H10N2O3/c1-4(9)6(10)8-5-2-7-3-11-5/h5,7H,2-3H2,1H3,(H,8,10). The van der Waals surface area contributed by atoms with Crippen LogP contribution in [-0.4, -0.2) is 31.2 Å². The molecule has 1 atom stereocenters. The Kier molecular flexibility index (Phi) is 2.56. The molecule has 0 spiro atoms. The summed E-state index contributed by atoms with van der Waals surface area (Å²) in [6, 6.07) is 0. The molecular weight excluding hydrogens is 148 g/mol. The first kappa shape index (κ1) is 8.16. The maximum Gasteiger partial charge on any atom is 0.289 e. The number of rotatable bonds is 2. The van der Waals surface area contributed by atoms with Crippen molar-refractivity contribution < 1.29 is 14.3 Å². The number of carbonyl (C=O) groups excluding carboxylic acids is 2. The number of ketones is 1. The molecule has 2 N–H and O–H groups in total. The summed E-state index contributed by atoms with van der Waals surface area (Å²) in [6.07, 6.45) is -0.355. The minimum atomic E-state index is -0.598. The van der Waals surface area contributed by atoms with E-state index in [0.29, 0.717) is 13.3 Å². The highest BCUT2D eigenvalue weighted by Crippen LogP contribution is 1.91. The molecule has 1 amide bonds. The third-order valence-electron chi connectivity index (χ3n) is 1.33. The SMILES string of the molecule is CC(=O)C(=O)NC1CNCO1. The van der Waals surface area contributed by atoms with Gasteiger partial charge in [-0.2, -0.15) is 0 Å². The molecular formula is C6H10N2O3. The largest absolute Gasteiger partial charge is 0.342 e. The molecule has 0 aromatic rings. The Balaban J connectivity index is 2.29. The number of amides is 1. The average molecular weight is 158 g/mol. The molecule has 0 bridgehead atoms. The summed E-state index contributed by atoms with van der Waals surface area (Å²) in [4.78, 5) is 21.2. The molecule has 11 heavy (non-hydrogen) atoms. The summed E-state index contributed by atoms with van der Waals surface area (Å²) in [5.41, 5.74) is 0. The van der Waals surface area contributed by atoms with Gasteiger partial charge in [-0.25, -0.2) is 0 Å². The van der Waals surface area contributed by atoms with Crippen molar-refractivity contribution in [2.24, 2.45) is 0 Å². The van der Waals surface area contributed by atoms with Crippen molar-refractivity contribution in [3.8, 4) is 0 Å². The van der Waals surface area contributed by atoms with Gasteiger partial charge < -0.3 is 10.1 Å². The van der Waals surface area contributed by atoms with Crippen molar-refractivity contribution in [2.75, 3.05) is 13.3 Å². The van der Waals surface area contributed by atoms with E-state index in [4.69, 9.17) is 4.74 Å². The smallest absolute Gasteiger partial charge is 0.289 e. The molecule has 1 heterocycles. The van der Waals surface area contributed by atoms with E-state index >= 15 is 0 Å². The lowest BCUT2D eigenvalue weighted by Gasteiger charge is -2.08. The van der Waals surface area contributed by atoms with E-state index in [1.165, 1.54) is 6.92 Å². The van der Waals surface area contributed by atoms with Crippen LogP contribution < -0.4 is 10.6 Å². The molecule has 1 unspecified atom stereocenters. The molecule has 0 radical (unpaired) electrons. The molecule has 62 valence electrons. The van der Waals surface area contributed by atoms with Crippen LogP contribution in [0.3, 0.4) is 0 Å². The van der Waals surface area contributed by atoms with Crippen LogP contribution in [-0.2, 0) is 14.3 Å². The molecule has 1 rings (SSSR count). The van der Waals surface area contributed by atoms with Gasteiger partial charge >= 0.3 is 0 Å². The lowest BCUT2D eigenvalue weighted by molar-refractivity contribution is -0.138. The fourth-order valence-corrected chi connectivity index (χ4v) is 0.749. The molecule has 1 fully saturated rings. The minimum absolute atomic E-state index is 0.355. The second-order valence-corrected chi connectivity index (χ2v) is 2.28. The van der Waals surface area contributed by atoms with Crippen LogP contribution in [0.15, 0.2) is 0 Å². The molecule has 5 nitrogen and oxygen atoms in total. The Labute approximate surface area is 64.1 Å². The quantitative estimate of drug-likeness (QED) is 0.485. The predicted octanol–water partition coefficient (Wildman–Crippen LogP) is -1.40. The number of Topliss-reactive ketones (excluding diaryl/α,β-unsaturated/α-hetero) is 1. The van der Waals surface area contributed by atoms with E-state index in [-0.39, 0.29) is 6.23 Å². The Bertz CT molecular complexity index is 175. The number of hydrogen-bond acceptors (Lipinski definition) is 4. The molecule has 5 heteroatoms. The molecule has 0 aromatic carbocycles. The third kappa shape index (κ3) is 2.28. The topological polar surface area (TPSA) is 67.4 Å². The van der Waals surface area contributed by atoms with Crippen LogP contribution in [0.2, 0.25) is 0 Å². The van der Waals surface area contributed by atoms with E-state index < -0.39 is 11.7 Å². The Morgan fingerprint density at radius 1 is 1.64 bits per heavy atom. The summed E-state index contributed by atoms with van der Waals surface area (Å²) >= 11 is 0. The van der Waals surface area contributed by atoms with E-state index in [2.05, 4.69) is 10.6 Å². The Morgan fingerprint density at radius 2 is 2.36 bits per heavy atom. The fourth-order valence-electron chi connectivity index (χ4n) is 0.749. The first-order valence-electron chi connectivity index (χ1n) is 3.34. The van der Waals surface area contributed by atoms with Crippen molar-refractivity contribution >= 4 is 11.7 Å². The van der Waals surface area contributed by atoms with Crippen LogP contribution in [0.5, 0.6) is 0 Å². The normalized spacial score (nSPS) is 23.2. The second-order valence-electron chi connectivity index (χ2n) is 2.28. The number of nitrogens with one attached hydrogen (secondary N) is 2. The molecule has 0 aromatic heterocycles. The molecule has 1 aliphatic heterocycles. The summed E-state index contributed by atoms with van der Waals surface area (Å²) in [6.45, 7) is 2.19. The summed E-state index contributed by atoms with van der Waals surface area (Å²) < 4.78 is 4.98. The van der Waals surface area contributed by atoms with Crippen LogP contribution in [0.4, 0.5) is 0 Å². The number of ether oxygens (including phenoxy) is 1.